The summed E-state index contributed by atoms with van der Waals surface area (Å²) >= 11 is 0. The van der Waals surface area contributed by atoms with Crippen molar-refractivity contribution in [1.82, 2.24) is 10.1 Å². The van der Waals surface area contributed by atoms with E-state index in [1.807, 2.05) is 36.4 Å². The van der Waals surface area contributed by atoms with Crippen molar-refractivity contribution in [3.8, 4) is 28.8 Å². The van der Waals surface area contributed by atoms with Crippen LogP contribution in [0.1, 0.15) is 5.76 Å². The highest BCUT2D eigenvalue weighted by Crippen LogP contribution is 2.26. The van der Waals surface area contributed by atoms with Crippen molar-refractivity contribution in [2.24, 2.45) is 0 Å². The van der Waals surface area contributed by atoms with Crippen LogP contribution in [0.15, 0.2) is 87.8 Å². The fourth-order valence-corrected chi connectivity index (χ4v) is 3.02. The highest BCUT2D eigenvalue weighted by atomic mass is 19.1. The highest BCUT2D eigenvalue weighted by molar-refractivity contribution is 5.83. The van der Waals surface area contributed by atoms with E-state index in [1.54, 1.807) is 24.3 Å². The van der Waals surface area contributed by atoms with Crippen LogP contribution in [0.5, 0.6) is 5.75 Å². The lowest BCUT2D eigenvalue weighted by atomic mass is 10.1. The second-order valence-electron chi connectivity index (χ2n) is 6.49. The monoisotopic (exact) mass is 386 g/mol. The highest BCUT2D eigenvalue weighted by Gasteiger charge is 2.14. The van der Waals surface area contributed by atoms with E-state index in [1.165, 1.54) is 12.1 Å². The fourth-order valence-electron chi connectivity index (χ4n) is 3.02. The third kappa shape index (κ3) is 3.60. The second-order valence-corrected chi connectivity index (χ2v) is 6.49. The summed E-state index contributed by atoms with van der Waals surface area (Å²) in [5.74, 6) is 2.14. The Kier molecular flexibility index (Phi) is 4.29. The van der Waals surface area contributed by atoms with Crippen molar-refractivity contribution in [2.45, 2.75) is 6.61 Å². The molecule has 0 atom stereocenters. The predicted molar refractivity (Wildman–Crippen MR) is 106 cm³/mol. The van der Waals surface area contributed by atoms with E-state index in [2.05, 4.69) is 16.2 Å². The number of furan rings is 1. The third-order valence-electron chi connectivity index (χ3n) is 4.50. The number of rotatable bonds is 5. The van der Waals surface area contributed by atoms with Gasteiger partial charge in [-0.1, -0.05) is 35.5 Å². The van der Waals surface area contributed by atoms with Gasteiger partial charge in [-0.15, -0.1) is 0 Å². The molecule has 0 amide bonds. The normalized spacial score (nSPS) is 11.1. The molecule has 0 aliphatic heterocycles. The van der Waals surface area contributed by atoms with Crippen LogP contribution in [0.4, 0.5) is 4.39 Å². The van der Waals surface area contributed by atoms with Gasteiger partial charge in [-0.05, 0) is 59.3 Å². The minimum atomic E-state index is -0.320. The van der Waals surface area contributed by atoms with Gasteiger partial charge in [0.15, 0.2) is 5.76 Å². The zero-order chi connectivity index (χ0) is 19.6. The van der Waals surface area contributed by atoms with Crippen LogP contribution in [0.2, 0.25) is 0 Å². The second kappa shape index (κ2) is 7.24. The van der Waals surface area contributed by atoms with Crippen molar-refractivity contribution in [3.63, 3.8) is 0 Å². The predicted octanol–water partition coefficient (Wildman–Crippen LogP) is 5.87. The number of hydrogen-bond donors (Lipinski definition) is 0. The molecule has 0 aliphatic carbocycles. The van der Waals surface area contributed by atoms with Gasteiger partial charge in [-0.3, -0.25) is 0 Å². The Labute approximate surface area is 165 Å². The van der Waals surface area contributed by atoms with Gasteiger partial charge >= 0.3 is 0 Å². The zero-order valence-electron chi connectivity index (χ0n) is 15.2. The van der Waals surface area contributed by atoms with Gasteiger partial charge in [0.25, 0.3) is 5.89 Å². The van der Waals surface area contributed by atoms with Crippen molar-refractivity contribution < 1.29 is 18.1 Å². The largest absolute Gasteiger partial charge is 0.486 e. The summed E-state index contributed by atoms with van der Waals surface area (Å²) in [5.41, 5.74) is 0.660. The molecule has 29 heavy (non-hydrogen) atoms. The van der Waals surface area contributed by atoms with Gasteiger partial charge < -0.3 is 13.7 Å². The molecule has 2 heterocycles. The maximum Gasteiger partial charge on any atom is 0.293 e. The first-order valence-electron chi connectivity index (χ1n) is 9.05. The SMILES string of the molecule is Fc1ccc(-c2noc(-c3ccc(COc4ccc5ccccc5c4)o3)n2)cc1. The fraction of sp³-hybridized carbons (Fsp3) is 0.0435. The Morgan fingerprint density at radius 1 is 0.862 bits per heavy atom. The van der Waals surface area contributed by atoms with E-state index >= 15 is 0 Å². The molecule has 0 N–H and O–H groups in total. The number of aromatic nitrogens is 2. The minimum absolute atomic E-state index is 0.251. The standard InChI is InChI=1S/C23H15FN2O3/c24-18-8-5-16(6-9-18)22-25-23(29-26-22)21-12-11-20(28-21)14-27-19-10-7-15-3-1-2-4-17(15)13-19/h1-13H,14H2. The minimum Gasteiger partial charge on any atom is -0.486 e. The van der Waals surface area contributed by atoms with E-state index in [-0.39, 0.29) is 18.3 Å². The van der Waals surface area contributed by atoms with Crippen molar-refractivity contribution >= 4 is 10.8 Å². The number of hydrogen-bond acceptors (Lipinski definition) is 5. The Hall–Kier alpha value is -3.93. The molecule has 2 aromatic heterocycles. The van der Waals surface area contributed by atoms with Crippen LogP contribution >= 0.6 is 0 Å². The third-order valence-corrected chi connectivity index (χ3v) is 4.50. The van der Waals surface area contributed by atoms with E-state index in [9.17, 15) is 4.39 Å². The molecule has 0 spiro atoms. The quantitative estimate of drug-likeness (QED) is 0.378. The number of ether oxygens (including phenoxy) is 1. The Morgan fingerprint density at radius 2 is 1.69 bits per heavy atom. The van der Waals surface area contributed by atoms with Crippen LogP contribution < -0.4 is 4.74 Å². The number of halogens is 1. The smallest absolute Gasteiger partial charge is 0.293 e. The zero-order valence-corrected chi connectivity index (χ0v) is 15.2. The average molecular weight is 386 g/mol. The van der Waals surface area contributed by atoms with Gasteiger partial charge in [0.05, 0.1) is 0 Å². The summed E-state index contributed by atoms with van der Waals surface area (Å²) in [6.45, 7) is 0.275. The molecule has 5 aromatic rings. The Balaban J connectivity index is 1.29. The number of fused-ring (bicyclic) bond motifs is 1. The molecular weight excluding hydrogens is 371 g/mol. The molecule has 0 saturated carbocycles. The molecule has 5 nitrogen and oxygen atoms in total. The van der Waals surface area contributed by atoms with Crippen LogP contribution in [0.25, 0.3) is 33.8 Å². The molecule has 3 aromatic carbocycles. The first kappa shape index (κ1) is 17.2. The Morgan fingerprint density at radius 3 is 2.55 bits per heavy atom. The molecular formula is C23H15FN2O3. The molecule has 142 valence electrons. The summed E-state index contributed by atoms with van der Waals surface area (Å²) < 4.78 is 29.9. The molecule has 0 bridgehead atoms. The van der Waals surface area contributed by atoms with Crippen LogP contribution in [0.3, 0.4) is 0 Å². The summed E-state index contributed by atoms with van der Waals surface area (Å²) in [7, 11) is 0. The van der Waals surface area contributed by atoms with Gasteiger partial charge in [0, 0.05) is 5.56 Å². The maximum absolute atomic E-state index is 13.1. The van der Waals surface area contributed by atoms with Crippen LogP contribution in [-0.4, -0.2) is 10.1 Å². The summed E-state index contributed by atoms with van der Waals surface area (Å²) in [6, 6.07) is 23.5. The number of benzene rings is 3. The summed E-state index contributed by atoms with van der Waals surface area (Å²) in [4.78, 5) is 4.31. The maximum atomic E-state index is 13.1. The lowest BCUT2D eigenvalue weighted by Crippen LogP contribution is -1.93. The molecule has 0 aliphatic rings. The molecule has 0 unspecified atom stereocenters. The Bertz CT molecular complexity index is 1270. The lowest BCUT2D eigenvalue weighted by molar-refractivity contribution is 0.270. The molecule has 0 saturated heterocycles. The average Bonchev–Trinajstić information content (AvgIpc) is 3.42. The van der Waals surface area contributed by atoms with Crippen molar-refractivity contribution in [1.29, 1.82) is 0 Å². The van der Waals surface area contributed by atoms with Gasteiger partial charge in [0.2, 0.25) is 5.82 Å². The van der Waals surface area contributed by atoms with Crippen LogP contribution in [0, 0.1) is 5.82 Å². The molecule has 6 heteroatoms. The van der Waals surface area contributed by atoms with E-state index in [0.29, 0.717) is 22.9 Å². The topological polar surface area (TPSA) is 61.3 Å². The van der Waals surface area contributed by atoms with Gasteiger partial charge in [-0.25, -0.2) is 4.39 Å². The van der Waals surface area contributed by atoms with E-state index < -0.39 is 0 Å². The first-order valence-corrected chi connectivity index (χ1v) is 9.05. The van der Waals surface area contributed by atoms with E-state index in [0.717, 1.165) is 16.5 Å². The first-order chi connectivity index (χ1) is 14.2. The molecule has 0 radical (unpaired) electrons. The van der Waals surface area contributed by atoms with Gasteiger partial charge in [-0.2, -0.15) is 4.98 Å². The van der Waals surface area contributed by atoms with Crippen molar-refractivity contribution in [3.05, 3.63) is 90.4 Å². The molecule has 0 fully saturated rings. The lowest BCUT2D eigenvalue weighted by Gasteiger charge is -2.05. The molecule has 5 rings (SSSR count). The summed E-state index contributed by atoms with van der Waals surface area (Å²) in [5, 5.41) is 6.20. The summed E-state index contributed by atoms with van der Waals surface area (Å²) in [6.07, 6.45) is 0. The number of nitrogens with zero attached hydrogens (tertiary/aromatic N) is 2. The van der Waals surface area contributed by atoms with E-state index in [4.69, 9.17) is 13.7 Å². The van der Waals surface area contributed by atoms with Gasteiger partial charge in [0.1, 0.15) is 23.9 Å². The van der Waals surface area contributed by atoms with Crippen molar-refractivity contribution in [2.75, 3.05) is 0 Å². The van der Waals surface area contributed by atoms with Crippen LogP contribution in [-0.2, 0) is 6.61 Å².